The van der Waals surface area contributed by atoms with Crippen molar-refractivity contribution in [2.24, 2.45) is 5.41 Å². The van der Waals surface area contributed by atoms with Gasteiger partial charge >= 0.3 is 12.1 Å². The van der Waals surface area contributed by atoms with Crippen LogP contribution in [0, 0.1) is 5.41 Å². The van der Waals surface area contributed by atoms with E-state index in [-0.39, 0.29) is 24.6 Å². The van der Waals surface area contributed by atoms with Gasteiger partial charge in [-0.3, -0.25) is 4.79 Å². The van der Waals surface area contributed by atoms with Gasteiger partial charge in [-0.1, -0.05) is 31.3 Å². The Morgan fingerprint density at radius 3 is 2.44 bits per heavy atom. The van der Waals surface area contributed by atoms with Gasteiger partial charge in [-0.2, -0.15) is 13.2 Å². The zero-order valence-electron chi connectivity index (χ0n) is 26.7. The quantitative estimate of drug-likeness (QED) is 0.230. The van der Waals surface area contributed by atoms with E-state index in [0.29, 0.717) is 50.3 Å². The first-order valence-corrected chi connectivity index (χ1v) is 18.4. The normalized spacial score (nSPS) is 21.9. The number of carbonyl (C=O) groups is 1. The van der Waals surface area contributed by atoms with E-state index in [1.165, 1.54) is 0 Å². The van der Waals surface area contributed by atoms with Crippen LogP contribution in [0.4, 0.5) is 13.2 Å². The number of fused-ring (bicyclic) bond motifs is 4. The number of rotatable bonds is 6. The molecule has 1 aromatic carbocycles. The first-order chi connectivity index (χ1) is 21.1. The molecule has 0 atom stereocenters. The summed E-state index contributed by atoms with van der Waals surface area (Å²) < 4.78 is 64.7. The van der Waals surface area contributed by atoms with Crippen molar-refractivity contribution < 1.29 is 36.9 Å². The molecule has 45 heavy (non-hydrogen) atoms. The average Bonchev–Trinajstić information content (AvgIpc) is 3.40. The monoisotopic (exact) mass is 646 g/mol. The number of esters is 1. The molecule has 1 aliphatic carbocycles. The van der Waals surface area contributed by atoms with E-state index in [1.807, 2.05) is 51.1 Å². The lowest BCUT2D eigenvalue weighted by molar-refractivity contribution is -0.175. The lowest BCUT2D eigenvalue weighted by Crippen LogP contribution is -2.45. The molecule has 1 fully saturated rings. The fourth-order valence-electron chi connectivity index (χ4n) is 5.97. The fraction of sp³-hybridized carbons (Fsp3) is 0.562. The molecule has 5 rings (SSSR count). The first-order valence-electron chi connectivity index (χ1n) is 15.2. The first kappa shape index (κ1) is 33.1. The highest BCUT2D eigenvalue weighted by atomic mass is 28.3. The molecule has 9 nitrogen and oxygen atoms in total. The molecular weight excluding hydrogens is 605 g/mol. The van der Waals surface area contributed by atoms with E-state index in [2.05, 4.69) is 28.2 Å². The van der Waals surface area contributed by atoms with Crippen LogP contribution < -0.4 is 9.92 Å². The number of methoxy groups -OCH3 is 1. The molecule has 3 aromatic rings. The molecule has 0 spiro atoms. The minimum Gasteiger partial charge on any atom is -0.474 e. The molecule has 13 heteroatoms. The molecule has 244 valence electrons. The molecule has 2 aromatic heterocycles. The summed E-state index contributed by atoms with van der Waals surface area (Å²) in [6.45, 7) is 10.3. The third-order valence-electron chi connectivity index (χ3n) is 8.50. The van der Waals surface area contributed by atoms with Gasteiger partial charge in [0, 0.05) is 37.1 Å². The topological polar surface area (TPSA) is 97.6 Å². The second-order valence-electron chi connectivity index (χ2n) is 13.6. The smallest absolute Gasteiger partial charge is 0.451 e. The van der Waals surface area contributed by atoms with Crippen molar-refractivity contribution >= 4 is 19.2 Å². The highest BCUT2D eigenvalue weighted by Gasteiger charge is 2.45. The Balaban J connectivity index is 1.33. The number of pyridine rings is 1. The Hall–Kier alpha value is -3.29. The minimum atomic E-state index is -4.64. The molecule has 2 aliphatic rings. The zero-order chi connectivity index (χ0) is 32.6. The van der Waals surface area contributed by atoms with Crippen molar-refractivity contribution in [3.8, 4) is 28.4 Å². The molecule has 1 aliphatic heterocycles. The van der Waals surface area contributed by atoms with Gasteiger partial charge in [0.15, 0.2) is 5.82 Å². The van der Waals surface area contributed by atoms with Gasteiger partial charge in [-0.15, -0.1) is 5.10 Å². The predicted octanol–water partition coefficient (Wildman–Crippen LogP) is 6.22. The summed E-state index contributed by atoms with van der Waals surface area (Å²) in [7, 11) is -0.565. The second-order valence-corrected chi connectivity index (χ2v) is 18.4. The van der Waals surface area contributed by atoms with Crippen molar-refractivity contribution in [2.75, 3.05) is 20.3 Å². The summed E-state index contributed by atoms with van der Waals surface area (Å²) in [6, 6.07) is 10.2. The molecule has 3 heterocycles. The van der Waals surface area contributed by atoms with Crippen LogP contribution >= 0.6 is 0 Å². The Labute approximate surface area is 262 Å². The fourth-order valence-corrected chi connectivity index (χ4v) is 8.37. The largest absolute Gasteiger partial charge is 0.474 e. The van der Waals surface area contributed by atoms with E-state index in [4.69, 9.17) is 18.9 Å². The number of hydrogen-bond donors (Lipinski definition) is 0. The Bertz CT molecular complexity index is 1510. The molecule has 0 unspecified atom stereocenters. The maximum absolute atomic E-state index is 13.7. The standard InChI is InChI=1S/C32H41F3N4O5Si/c1-30(2,3)44-29(40)31(19-41-4)13-11-23(12-14-31)43-26-10-8-22(18-36-26)21-7-9-24-25(17-21)45(5,6)16-15-42-20-39-28(32(33,34)35)37-27(24)38-39/h7-10,17-18,23H,11-16,19-20H2,1-6H3. The molecule has 0 amide bonds. The van der Waals surface area contributed by atoms with Crippen LogP contribution in [0.15, 0.2) is 36.5 Å². The van der Waals surface area contributed by atoms with E-state index in [0.717, 1.165) is 27.0 Å². The molecule has 2 bridgehead atoms. The number of benzene rings is 1. The van der Waals surface area contributed by atoms with Crippen LogP contribution in [0.5, 0.6) is 5.88 Å². The van der Waals surface area contributed by atoms with Crippen molar-refractivity contribution in [1.29, 1.82) is 0 Å². The van der Waals surface area contributed by atoms with Crippen molar-refractivity contribution in [2.45, 2.75) is 90.2 Å². The highest BCUT2D eigenvalue weighted by Crippen LogP contribution is 2.40. The van der Waals surface area contributed by atoms with Crippen LogP contribution in [0.1, 0.15) is 52.3 Å². The van der Waals surface area contributed by atoms with Crippen molar-refractivity contribution in [3.05, 3.63) is 42.4 Å². The van der Waals surface area contributed by atoms with Gasteiger partial charge in [0.05, 0.1) is 20.1 Å². The molecule has 0 N–H and O–H groups in total. The van der Waals surface area contributed by atoms with E-state index in [9.17, 15) is 18.0 Å². The number of nitrogens with zero attached hydrogens (tertiary/aromatic N) is 4. The summed E-state index contributed by atoms with van der Waals surface area (Å²) in [5.41, 5.74) is 1.09. The van der Waals surface area contributed by atoms with Crippen molar-refractivity contribution in [1.82, 2.24) is 19.7 Å². The molecule has 0 radical (unpaired) electrons. The SMILES string of the molecule is COCC1(C(=O)OC(C)(C)C)CCC(Oc2ccc(-c3ccc4c(c3)[Si](C)(C)CCOCn3nc-4nc3C(F)(F)F)cn2)CC1. The van der Waals surface area contributed by atoms with Gasteiger partial charge in [0.1, 0.15) is 18.4 Å². The summed E-state index contributed by atoms with van der Waals surface area (Å²) in [4.78, 5) is 21.5. The second kappa shape index (κ2) is 12.5. The van der Waals surface area contributed by atoms with Gasteiger partial charge in [0.25, 0.3) is 0 Å². The molecule has 0 saturated heterocycles. The summed E-state index contributed by atoms with van der Waals surface area (Å²) in [5, 5.41) is 5.14. The number of halogens is 3. The molecular formula is C32H41F3N4O5Si. The Morgan fingerprint density at radius 1 is 1.11 bits per heavy atom. The van der Waals surface area contributed by atoms with Gasteiger partial charge in [-0.05, 0) is 69.3 Å². The summed E-state index contributed by atoms with van der Waals surface area (Å²) in [5.74, 6) is -0.768. The van der Waals surface area contributed by atoms with Gasteiger partial charge in [0.2, 0.25) is 11.7 Å². The summed E-state index contributed by atoms with van der Waals surface area (Å²) in [6.07, 6.45) is -0.481. The van der Waals surface area contributed by atoms with Crippen LogP contribution in [0.25, 0.3) is 22.5 Å². The summed E-state index contributed by atoms with van der Waals surface area (Å²) >= 11 is 0. The van der Waals surface area contributed by atoms with E-state index < -0.39 is 31.1 Å². The third-order valence-corrected chi connectivity index (χ3v) is 11.8. The van der Waals surface area contributed by atoms with Gasteiger partial charge in [-0.25, -0.2) is 14.6 Å². The highest BCUT2D eigenvalue weighted by molar-refractivity contribution is 6.90. The third kappa shape index (κ3) is 7.41. The van der Waals surface area contributed by atoms with Crippen LogP contribution in [0.2, 0.25) is 19.1 Å². The number of alkyl halides is 3. The minimum absolute atomic E-state index is 0.0468. The maximum Gasteiger partial charge on any atom is 0.451 e. The van der Waals surface area contributed by atoms with Crippen molar-refractivity contribution in [3.63, 3.8) is 0 Å². The number of carbonyl (C=O) groups excluding carboxylic acids is 1. The number of aromatic nitrogens is 4. The Kier molecular flexibility index (Phi) is 9.18. The predicted molar refractivity (Wildman–Crippen MR) is 165 cm³/mol. The van der Waals surface area contributed by atoms with E-state index >= 15 is 0 Å². The zero-order valence-corrected chi connectivity index (χ0v) is 27.7. The van der Waals surface area contributed by atoms with Crippen LogP contribution in [-0.2, 0) is 31.9 Å². The van der Waals surface area contributed by atoms with E-state index in [1.54, 1.807) is 13.3 Å². The van der Waals surface area contributed by atoms with Crippen LogP contribution in [-0.4, -0.2) is 65.8 Å². The number of ether oxygens (including phenoxy) is 4. The lowest BCUT2D eigenvalue weighted by Gasteiger charge is -2.39. The lowest BCUT2D eigenvalue weighted by atomic mass is 9.73. The average molecular weight is 647 g/mol. The molecule has 1 saturated carbocycles. The number of hydrogen-bond acceptors (Lipinski definition) is 8. The van der Waals surface area contributed by atoms with Gasteiger partial charge < -0.3 is 18.9 Å². The van der Waals surface area contributed by atoms with Crippen LogP contribution in [0.3, 0.4) is 0 Å². The maximum atomic E-state index is 13.7. The Morgan fingerprint density at radius 2 is 1.82 bits per heavy atom.